The molecule has 100 valence electrons. The zero-order chi connectivity index (χ0) is 13.7. The molecule has 0 saturated heterocycles. The molecule has 3 nitrogen and oxygen atoms in total. The van der Waals surface area contributed by atoms with Crippen LogP contribution in [0.2, 0.25) is 0 Å². The first-order chi connectivity index (χ1) is 9.24. The molecule has 1 aromatic carbocycles. The molecule has 19 heavy (non-hydrogen) atoms. The van der Waals surface area contributed by atoms with Gasteiger partial charge in [-0.15, -0.1) is 22.9 Å². The van der Waals surface area contributed by atoms with E-state index >= 15 is 0 Å². The van der Waals surface area contributed by atoms with Gasteiger partial charge in [0.05, 0.1) is 6.04 Å². The lowest BCUT2D eigenvalue weighted by Crippen LogP contribution is -2.28. The molecule has 0 fully saturated rings. The Labute approximate surface area is 121 Å². The lowest BCUT2D eigenvalue weighted by molar-refractivity contribution is 0.0935. The largest absolute Gasteiger partial charge is 0.343 e. The molecule has 1 amide bonds. The highest BCUT2D eigenvalue weighted by molar-refractivity contribution is 7.09. The molecule has 5 heteroatoms. The van der Waals surface area contributed by atoms with Crippen LogP contribution in [0.3, 0.4) is 0 Å². The first kappa shape index (κ1) is 14.0. The van der Waals surface area contributed by atoms with Gasteiger partial charge in [-0.1, -0.05) is 19.1 Å². The molecule has 0 aliphatic rings. The van der Waals surface area contributed by atoms with Gasteiger partial charge < -0.3 is 5.32 Å². The minimum atomic E-state index is -0.0804. The lowest BCUT2D eigenvalue weighted by Gasteiger charge is -2.14. The van der Waals surface area contributed by atoms with Crippen LogP contribution < -0.4 is 5.32 Å². The Morgan fingerprint density at radius 3 is 2.68 bits per heavy atom. The predicted octanol–water partition coefficient (Wildman–Crippen LogP) is 3.76. The summed E-state index contributed by atoms with van der Waals surface area (Å²) in [5, 5.41) is 5.85. The van der Waals surface area contributed by atoms with Crippen LogP contribution in [-0.4, -0.2) is 10.9 Å². The van der Waals surface area contributed by atoms with Gasteiger partial charge in [-0.3, -0.25) is 4.79 Å². The van der Waals surface area contributed by atoms with Gasteiger partial charge in [0.25, 0.3) is 5.91 Å². The van der Waals surface area contributed by atoms with Crippen molar-refractivity contribution in [2.45, 2.75) is 25.3 Å². The molecule has 2 rings (SSSR count). The Bertz CT molecular complexity index is 525. The van der Waals surface area contributed by atoms with Crippen LogP contribution in [0.5, 0.6) is 0 Å². The third-order valence-corrected chi connectivity index (χ3v) is 4.03. The van der Waals surface area contributed by atoms with E-state index in [0.717, 1.165) is 17.0 Å². The van der Waals surface area contributed by atoms with Crippen molar-refractivity contribution in [3.8, 4) is 0 Å². The summed E-state index contributed by atoms with van der Waals surface area (Å²) in [6, 6.07) is 7.29. The van der Waals surface area contributed by atoms with E-state index < -0.39 is 0 Å². The summed E-state index contributed by atoms with van der Waals surface area (Å²) in [5.74, 6) is 0.377. The second-order valence-corrected chi connectivity index (χ2v) is 5.33. The Balaban J connectivity index is 2.06. The number of halogens is 1. The zero-order valence-corrected chi connectivity index (χ0v) is 12.2. The SMILES string of the molecule is CCC(NC(=O)c1ccc(CCl)cc1)c1nccs1. The van der Waals surface area contributed by atoms with Crippen LogP contribution in [0.15, 0.2) is 35.8 Å². The molecule has 0 radical (unpaired) electrons. The maximum atomic E-state index is 12.1. The highest BCUT2D eigenvalue weighted by Gasteiger charge is 2.15. The monoisotopic (exact) mass is 294 g/mol. The number of carbonyl (C=O) groups excluding carboxylic acids is 1. The molecule has 0 aliphatic heterocycles. The first-order valence-corrected chi connectivity index (χ1v) is 7.51. The number of nitrogens with zero attached hydrogens (tertiary/aromatic N) is 1. The second-order valence-electron chi connectivity index (χ2n) is 4.14. The number of hydrogen-bond acceptors (Lipinski definition) is 3. The summed E-state index contributed by atoms with van der Waals surface area (Å²) >= 11 is 7.28. The molecular formula is C14H15ClN2OS. The lowest BCUT2D eigenvalue weighted by atomic mass is 10.1. The number of alkyl halides is 1. The molecular weight excluding hydrogens is 280 g/mol. The Kier molecular flexibility index (Phi) is 4.93. The van der Waals surface area contributed by atoms with Gasteiger partial charge in [0.15, 0.2) is 0 Å². The number of amides is 1. The molecule has 1 N–H and O–H groups in total. The molecule has 1 aromatic heterocycles. The molecule has 0 aliphatic carbocycles. The van der Waals surface area contributed by atoms with Crippen LogP contribution >= 0.6 is 22.9 Å². The van der Waals surface area contributed by atoms with Gasteiger partial charge in [0, 0.05) is 23.0 Å². The average Bonchev–Trinajstić information content (AvgIpc) is 2.98. The number of benzene rings is 1. The maximum Gasteiger partial charge on any atom is 0.251 e. The van der Waals surface area contributed by atoms with Gasteiger partial charge in [0.2, 0.25) is 0 Å². The molecule has 1 atom stereocenters. The minimum absolute atomic E-state index is 0.0276. The van der Waals surface area contributed by atoms with Crippen molar-refractivity contribution in [1.82, 2.24) is 10.3 Å². The smallest absolute Gasteiger partial charge is 0.251 e. The number of nitrogens with one attached hydrogen (secondary N) is 1. The molecule has 2 aromatic rings. The van der Waals surface area contributed by atoms with Crippen molar-refractivity contribution in [2.24, 2.45) is 0 Å². The van der Waals surface area contributed by atoms with Gasteiger partial charge in [-0.25, -0.2) is 4.98 Å². The quantitative estimate of drug-likeness (QED) is 0.853. The number of carbonyl (C=O) groups is 1. The maximum absolute atomic E-state index is 12.1. The van der Waals surface area contributed by atoms with E-state index in [9.17, 15) is 4.79 Å². The van der Waals surface area contributed by atoms with Gasteiger partial charge in [-0.2, -0.15) is 0 Å². The topological polar surface area (TPSA) is 42.0 Å². The normalized spacial score (nSPS) is 12.1. The summed E-state index contributed by atoms with van der Waals surface area (Å²) in [6.45, 7) is 2.03. The second kappa shape index (κ2) is 6.68. The fourth-order valence-corrected chi connectivity index (χ4v) is 2.68. The zero-order valence-electron chi connectivity index (χ0n) is 10.6. The average molecular weight is 295 g/mol. The Morgan fingerprint density at radius 2 is 2.16 bits per heavy atom. The Hall–Kier alpha value is -1.39. The van der Waals surface area contributed by atoms with E-state index in [1.54, 1.807) is 29.7 Å². The van der Waals surface area contributed by atoms with Crippen LogP contribution in [0.25, 0.3) is 0 Å². The number of hydrogen-bond donors (Lipinski definition) is 1. The summed E-state index contributed by atoms with van der Waals surface area (Å²) in [4.78, 5) is 16.4. The summed E-state index contributed by atoms with van der Waals surface area (Å²) < 4.78 is 0. The van der Waals surface area contributed by atoms with E-state index in [0.29, 0.717) is 11.4 Å². The standard InChI is InChI=1S/C14H15ClN2OS/c1-2-12(14-16-7-8-19-14)17-13(18)11-5-3-10(9-15)4-6-11/h3-8,12H,2,9H2,1H3,(H,17,18). The molecule has 0 spiro atoms. The number of aromatic nitrogens is 1. The van der Waals surface area contributed by atoms with E-state index in [4.69, 9.17) is 11.6 Å². The first-order valence-electron chi connectivity index (χ1n) is 6.09. The summed E-state index contributed by atoms with van der Waals surface area (Å²) in [7, 11) is 0. The van der Waals surface area contributed by atoms with Crippen molar-refractivity contribution in [1.29, 1.82) is 0 Å². The van der Waals surface area contributed by atoms with Crippen molar-refractivity contribution in [2.75, 3.05) is 0 Å². The van der Waals surface area contributed by atoms with Crippen molar-refractivity contribution in [3.05, 3.63) is 52.0 Å². The van der Waals surface area contributed by atoms with Gasteiger partial charge in [-0.05, 0) is 24.1 Å². The summed E-state index contributed by atoms with van der Waals surface area (Å²) in [5.41, 5.74) is 1.65. The molecule has 1 unspecified atom stereocenters. The van der Waals surface area contributed by atoms with Gasteiger partial charge >= 0.3 is 0 Å². The van der Waals surface area contributed by atoms with Crippen LogP contribution in [0, 0.1) is 0 Å². The minimum Gasteiger partial charge on any atom is -0.343 e. The highest BCUT2D eigenvalue weighted by Crippen LogP contribution is 2.19. The van der Waals surface area contributed by atoms with Gasteiger partial charge in [0.1, 0.15) is 5.01 Å². The van der Waals surface area contributed by atoms with Crippen LogP contribution in [0.1, 0.15) is 40.3 Å². The number of thiazole rings is 1. The fraction of sp³-hybridized carbons (Fsp3) is 0.286. The van der Waals surface area contributed by atoms with Crippen LogP contribution in [-0.2, 0) is 5.88 Å². The van der Waals surface area contributed by atoms with E-state index in [-0.39, 0.29) is 11.9 Å². The van der Waals surface area contributed by atoms with Crippen molar-refractivity contribution >= 4 is 28.8 Å². The fourth-order valence-electron chi connectivity index (χ4n) is 1.73. The molecule has 0 saturated carbocycles. The highest BCUT2D eigenvalue weighted by atomic mass is 35.5. The predicted molar refractivity (Wildman–Crippen MR) is 78.6 cm³/mol. The van der Waals surface area contributed by atoms with Crippen molar-refractivity contribution in [3.63, 3.8) is 0 Å². The third-order valence-electron chi connectivity index (χ3n) is 2.83. The van der Waals surface area contributed by atoms with E-state index in [1.165, 1.54) is 0 Å². The van der Waals surface area contributed by atoms with E-state index in [2.05, 4.69) is 10.3 Å². The van der Waals surface area contributed by atoms with Crippen LogP contribution in [0.4, 0.5) is 0 Å². The Morgan fingerprint density at radius 1 is 1.42 bits per heavy atom. The van der Waals surface area contributed by atoms with E-state index in [1.807, 2.05) is 24.4 Å². The number of rotatable bonds is 5. The third kappa shape index (κ3) is 3.55. The molecule has 0 bridgehead atoms. The van der Waals surface area contributed by atoms with Crippen molar-refractivity contribution < 1.29 is 4.79 Å². The summed E-state index contributed by atoms with van der Waals surface area (Å²) in [6.07, 6.45) is 2.57. The molecule has 1 heterocycles.